The highest BCUT2D eigenvalue weighted by Gasteiger charge is 2.32. The third kappa shape index (κ3) is 3.48. The van der Waals surface area contributed by atoms with Gasteiger partial charge in [0.15, 0.2) is 6.10 Å². The van der Waals surface area contributed by atoms with Gasteiger partial charge in [-0.15, -0.1) is 0 Å². The maximum absolute atomic E-state index is 11.7. The molecule has 1 unspecified atom stereocenters. The molecule has 0 spiro atoms. The minimum absolute atomic E-state index is 0.0308. The van der Waals surface area contributed by atoms with Crippen molar-refractivity contribution in [1.82, 2.24) is 4.90 Å². The van der Waals surface area contributed by atoms with Crippen LogP contribution < -0.4 is 0 Å². The number of carbonyl (C=O) groups excluding carboxylic acids is 1. The Morgan fingerprint density at radius 2 is 2.12 bits per heavy atom. The van der Waals surface area contributed by atoms with Crippen LogP contribution in [0.1, 0.15) is 33.1 Å². The van der Waals surface area contributed by atoms with Crippen LogP contribution in [0.25, 0.3) is 0 Å². The van der Waals surface area contributed by atoms with Crippen LogP contribution in [-0.4, -0.2) is 47.2 Å². The molecule has 1 amide bonds. The number of rotatable bonds is 4. The molecule has 1 rings (SSSR count). The van der Waals surface area contributed by atoms with Gasteiger partial charge in [0, 0.05) is 13.0 Å². The molecule has 1 heterocycles. The number of morpholine rings is 1. The van der Waals surface area contributed by atoms with Gasteiger partial charge >= 0.3 is 5.97 Å². The lowest BCUT2D eigenvalue weighted by molar-refractivity contribution is -0.166. The summed E-state index contributed by atoms with van der Waals surface area (Å²) in [4.78, 5) is 24.2. The molecule has 1 fully saturated rings. The number of hydrogen-bond acceptors (Lipinski definition) is 3. The zero-order chi connectivity index (χ0) is 12.1. The zero-order valence-electron chi connectivity index (χ0n) is 9.81. The van der Waals surface area contributed by atoms with Gasteiger partial charge in [-0.1, -0.05) is 13.3 Å². The molecule has 0 saturated carbocycles. The molecule has 16 heavy (non-hydrogen) atoms. The van der Waals surface area contributed by atoms with E-state index >= 15 is 0 Å². The van der Waals surface area contributed by atoms with E-state index in [9.17, 15) is 9.59 Å². The molecular weight excluding hydrogens is 210 g/mol. The van der Waals surface area contributed by atoms with E-state index in [-0.39, 0.29) is 18.6 Å². The zero-order valence-corrected chi connectivity index (χ0v) is 9.81. The molecular formula is C11H19NO4. The fraction of sp³-hybridized carbons (Fsp3) is 0.818. The number of amides is 1. The second-order valence-electron chi connectivity index (χ2n) is 4.18. The Morgan fingerprint density at radius 3 is 2.69 bits per heavy atom. The van der Waals surface area contributed by atoms with Crippen molar-refractivity contribution < 1.29 is 19.4 Å². The summed E-state index contributed by atoms with van der Waals surface area (Å²) in [5.74, 6) is -0.969. The Bertz CT molecular complexity index is 267. The number of hydrogen-bond donors (Lipinski definition) is 1. The molecule has 1 N–H and O–H groups in total. The summed E-state index contributed by atoms with van der Waals surface area (Å²) in [5, 5.41) is 8.87. The van der Waals surface area contributed by atoms with Gasteiger partial charge in [-0.05, 0) is 13.3 Å². The van der Waals surface area contributed by atoms with Crippen molar-refractivity contribution in [1.29, 1.82) is 0 Å². The van der Waals surface area contributed by atoms with E-state index in [1.807, 2.05) is 6.92 Å². The van der Waals surface area contributed by atoms with Crippen molar-refractivity contribution in [2.75, 3.05) is 13.1 Å². The molecule has 2 atom stereocenters. The monoisotopic (exact) mass is 229 g/mol. The first-order valence-electron chi connectivity index (χ1n) is 5.70. The van der Waals surface area contributed by atoms with E-state index in [1.165, 1.54) is 0 Å². The average molecular weight is 229 g/mol. The van der Waals surface area contributed by atoms with Crippen LogP contribution >= 0.6 is 0 Å². The second-order valence-corrected chi connectivity index (χ2v) is 4.18. The molecule has 5 heteroatoms. The van der Waals surface area contributed by atoms with E-state index in [2.05, 4.69) is 0 Å². The lowest BCUT2D eigenvalue weighted by Gasteiger charge is -2.35. The lowest BCUT2D eigenvalue weighted by Crippen LogP contribution is -2.51. The minimum Gasteiger partial charge on any atom is -0.479 e. The predicted molar refractivity (Wildman–Crippen MR) is 58.1 cm³/mol. The number of carboxylic acids is 1. The fourth-order valence-electron chi connectivity index (χ4n) is 1.78. The van der Waals surface area contributed by atoms with Crippen molar-refractivity contribution in [3.63, 3.8) is 0 Å². The second kappa shape index (κ2) is 5.84. The molecule has 1 aliphatic rings. The van der Waals surface area contributed by atoms with Crippen LogP contribution in [0.15, 0.2) is 0 Å². The Balaban J connectivity index is 2.53. The number of unbranched alkanes of at least 4 members (excludes halogenated alkanes) is 1. The van der Waals surface area contributed by atoms with Crippen LogP contribution in [0.4, 0.5) is 0 Å². The largest absolute Gasteiger partial charge is 0.479 e. The Labute approximate surface area is 95.4 Å². The van der Waals surface area contributed by atoms with Gasteiger partial charge in [-0.25, -0.2) is 4.79 Å². The SMILES string of the molecule is CCCCC(=O)N1CC(C(=O)O)O[C@H](C)C1. The minimum atomic E-state index is -1.00. The number of carboxylic acid groups (broad SMARTS) is 1. The van der Waals surface area contributed by atoms with Gasteiger partial charge in [-0.3, -0.25) is 4.79 Å². The maximum Gasteiger partial charge on any atom is 0.334 e. The lowest BCUT2D eigenvalue weighted by atomic mass is 10.1. The summed E-state index contributed by atoms with van der Waals surface area (Å²) >= 11 is 0. The summed E-state index contributed by atoms with van der Waals surface area (Å²) in [5.41, 5.74) is 0. The van der Waals surface area contributed by atoms with Gasteiger partial charge in [0.1, 0.15) is 0 Å². The standard InChI is InChI=1S/C11H19NO4/c1-3-4-5-10(13)12-6-8(2)16-9(7-12)11(14)15/h8-9H,3-7H2,1-2H3,(H,14,15)/t8-,9?/m1/s1. The van der Waals surface area contributed by atoms with Crippen LogP contribution in [0, 0.1) is 0 Å². The van der Waals surface area contributed by atoms with Crippen LogP contribution in [0.2, 0.25) is 0 Å². The number of carbonyl (C=O) groups is 2. The third-order valence-electron chi connectivity index (χ3n) is 2.63. The number of ether oxygens (including phenoxy) is 1. The van der Waals surface area contributed by atoms with Gasteiger partial charge < -0.3 is 14.7 Å². The van der Waals surface area contributed by atoms with Crippen molar-refractivity contribution in [2.45, 2.75) is 45.3 Å². The summed E-state index contributed by atoms with van der Waals surface area (Å²) < 4.78 is 5.24. The number of aliphatic carboxylic acids is 1. The third-order valence-corrected chi connectivity index (χ3v) is 2.63. The molecule has 1 aliphatic heterocycles. The quantitative estimate of drug-likeness (QED) is 0.777. The van der Waals surface area contributed by atoms with Crippen LogP contribution in [0.5, 0.6) is 0 Å². The van der Waals surface area contributed by atoms with Gasteiger partial charge in [0.05, 0.1) is 12.6 Å². The van der Waals surface area contributed by atoms with Crippen LogP contribution in [-0.2, 0) is 14.3 Å². The first-order valence-corrected chi connectivity index (χ1v) is 5.70. The predicted octanol–water partition coefficient (Wildman–Crippen LogP) is 0.877. The topological polar surface area (TPSA) is 66.8 Å². The molecule has 0 aliphatic carbocycles. The molecule has 0 aromatic carbocycles. The Kier molecular flexibility index (Phi) is 4.73. The summed E-state index contributed by atoms with van der Waals surface area (Å²) in [6, 6.07) is 0. The maximum atomic E-state index is 11.7. The average Bonchev–Trinajstić information content (AvgIpc) is 2.24. The summed E-state index contributed by atoms with van der Waals surface area (Å²) in [6.07, 6.45) is 1.22. The first kappa shape index (κ1) is 13.0. The Hall–Kier alpha value is -1.10. The molecule has 0 aromatic heterocycles. The summed E-state index contributed by atoms with van der Waals surface area (Å²) in [6.45, 7) is 4.47. The molecule has 0 radical (unpaired) electrons. The van der Waals surface area contributed by atoms with Gasteiger partial charge in [-0.2, -0.15) is 0 Å². The molecule has 5 nitrogen and oxygen atoms in total. The van der Waals surface area contributed by atoms with Crippen molar-refractivity contribution in [3.05, 3.63) is 0 Å². The van der Waals surface area contributed by atoms with Crippen LogP contribution in [0.3, 0.4) is 0 Å². The normalized spacial score (nSPS) is 25.5. The summed E-state index contributed by atoms with van der Waals surface area (Å²) in [7, 11) is 0. The number of nitrogens with zero attached hydrogens (tertiary/aromatic N) is 1. The van der Waals surface area contributed by atoms with Crippen molar-refractivity contribution >= 4 is 11.9 Å². The highest BCUT2D eigenvalue weighted by atomic mass is 16.5. The van der Waals surface area contributed by atoms with E-state index in [0.717, 1.165) is 12.8 Å². The molecule has 0 aromatic rings. The smallest absolute Gasteiger partial charge is 0.334 e. The van der Waals surface area contributed by atoms with E-state index in [1.54, 1.807) is 11.8 Å². The molecule has 1 saturated heterocycles. The van der Waals surface area contributed by atoms with E-state index < -0.39 is 12.1 Å². The van der Waals surface area contributed by atoms with E-state index in [0.29, 0.717) is 13.0 Å². The fourth-order valence-corrected chi connectivity index (χ4v) is 1.78. The first-order chi connectivity index (χ1) is 7.54. The highest BCUT2D eigenvalue weighted by molar-refractivity contribution is 5.78. The van der Waals surface area contributed by atoms with Gasteiger partial charge in [0.2, 0.25) is 5.91 Å². The van der Waals surface area contributed by atoms with Gasteiger partial charge in [0.25, 0.3) is 0 Å². The van der Waals surface area contributed by atoms with E-state index in [4.69, 9.17) is 9.84 Å². The Morgan fingerprint density at radius 1 is 1.44 bits per heavy atom. The highest BCUT2D eigenvalue weighted by Crippen LogP contribution is 2.13. The van der Waals surface area contributed by atoms with Crippen molar-refractivity contribution in [3.8, 4) is 0 Å². The molecule has 0 bridgehead atoms. The molecule has 92 valence electrons. The van der Waals surface area contributed by atoms with Crippen molar-refractivity contribution in [2.24, 2.45) is 0 Å².